The van der Waals surface area contributed by atoms with E-state index < -0.39 is 0 Å². The van der Waals surface area contributed by atoms with Crippen LogP contribution in [0.2, 0.25) is 0 Å². The van der Waals surface area contributed by atoms with Crippen LogP contribution in [0.4, 0.5) is 0 Å². The Hall–Kier alpha value is 0.310. The molecular formula is C13H29IN4S. The van der Waals surface area contributed by atoms with Crippen molar-refractivity contribution in [2.24, 2.45) is 4.99 Å². The molecule has 0 spiro atoms. The van der Waals surface area contributed by atoms with Crippen LogP contribution >= 0.6 is 35.7 Å². The van der Waals surface area contributed by atoms with Crippen molar-refractivity contribution in [2.45, 2.75) is 38.8 Å². The van der Waals surface area contributed by atoms with E-state index in [2.05, 4.69) is 50.4 Å². The van der Waals surface area contributed by atoms with Gasteiger partial charge in [-0.2, -0.15) is 11.8 Å². The highest BCUT2D eigenvalue weighted by atomic mass is 127. The van der Waals surface area contributed by atoms with Gasteiger partial charge in [0.1, 0.15) is 0 Å². The third kappa shape index (κ3) is 6.08. The molecule has 1 atom stereocenters. The summed E-state index contributed by atoms with van der Waals surface area (Å²) in [5.41, 5.74) is 0.240. The summed E-state index contributed by atoms with van der Waals surface area (Å²) in [6.07, 6.45) is 1.23. The summed E-state index contributed by atoms with van der Waals surface area (Å²) in [6.45, 7) is 8.15. The number of nitrogens with zero attached hydrogens (tertiary/aromatic N) is 2. The van der Waals surface area contributed by atoms with Crippen LogP contribution in [0.5, 0.6) is 0 Å². The van der Waals surface area contributed by atoms with E-state index in [0.29, 0.717) is 6.04 Å². The van der Waals surface area contributed by atoms with E-state index in [9.17, 15) is 0 Å². The van der Waals surface area contributed by atoms with E-state index in [1.165, 1.54) is 17.9 Å². The summed E-state index contributed by atoms with van der Waals surface area (Å²) in [6, 6.07) is 0.413. The SMILES string of the molecule is CCNC(=NCC1(N(C)C)CCSC1)NC(C)C.I. The van der Waals surface area contributed by atoms with Crippen LogP contribution in [0.15, 0.2) is 4.99 Å². The van der Waals surface area contributed by atoms with Crippen LogP contribution in [-0.4, -0.2) is 61.1 Å². The van der Waals surface area contributed by atoms with E-state index in [-0.39, 0.29) is 29.5 Å². The molecule has 1 heterocycles. The molecule has 2 N–H and O–H groups in total. The van der Waals surface area contributed by atoms with E-state index in [4.69, 9.17) is 4.99 Å². The Morgan fingerprint density at radius 3 is 2.53 bits per heavy atom. The molecule has 0 aromatic carbocycles. The zero-order chi connectivity index (χ0) is 13.6. The summed E-state index contributed by atoms with van der Waals surface area (Å²) < 4.78 is 0. The summed E-state index contributed by atoms with van der Waals surface area (Å²) in [5.74, 6) is 3.37. The van der Waals surface area contributed by atoms with Gasteiger partial charge in [0, 0.05) is 23.9 Å². The van der Waals surface area contributed by atoms with Crippen molar-refractivity contribution in [2.75, 3.05) is 38.7 Å². The molecule has 1 fully saturated rings. The topological polar surface area (TPSA) is 39.7 Å². The Kier molecular flexibility index (Phi) is 9.43. The lowest BCUT2D eigenvalue weighted by molar-refractivity contribution is 0.190. The Balaban J connectivity index is 0.00000324. The molecule has 0 bridgehead atoms. The molecule has 1 aliphatic rings. The maximum atomic E-state index is 4.77. The van der Waals surface area contributed by atoms with Crippen molar-refractivity contribution < 1.29 is 0 Å². The molecule has 0 radical (unpaired) electrons. The summed E-state index contributed by atoms with van der Waals surface area (Å²) in [4.78, 5) is 7.11. The van der Waals surface area contributed by atoms with Crippen molar-refractivity contribution in [1.29, 1.82) is 0 Å². The first-order valence-electron chi connectivity index (χ1n) is 6.80. The molecule has 0 amide bonds. The van der Waals surface area contributed by atoms with Gasteiger partial charge in [-0.15, -0.1) is 24.0 Å². The maximum absolute atomic E-state index is 4.77. The Morgan fingerprint density at radius 1 is 1.42 bits per heavy atom. The Labute approximate surface area is 139 Å². The molecular weight excluding hydrogens is 371 g/mol. The summed E-state index contributed by atoms with van der Waals surface area (Å²) in [7, 11) is 4.34. The van der Waals surface area contributed by atoms with Gasteiger partial charge < -0.3 is 15.5 Å². The van der Waals surface area contributed by atoms with Gasteiger partial charge in [0.15, 0.2) is 5.96 Å². The summed E-state index contributed by atoms with van der Waals surface area (Å²) in [5, 5.41) is 6.68. The minimum Gasteiger partial charge on any atom is -0.357 e. The molecule has 19 heavy (non-hydrogen) atoms. The van der Waals surface area contributed by atoms with E-state index >= 15 is 0 Å². The second kappa shape index (κ2) is 9.28. The average Bonchev–Trinajstić information content (AvgIpc) is 2.75. The Morgan fingerprint density at radius 2 is 2.11 bits per heavy atom. The largest absolute Gasteiger partial charge is 0.357 e. The zero-order valence-electron chi connectivity index (χ0n) is 12.8. The quantitative estimate of drug-likeness (QED) is 0.421. The van der Waals surface area contributed by atoms with Gasteiger partial charge in [0.2, 0.25) is 0 Å². The molecule has 0 aromatic rings. The van der Waals surface area contributed by atoms with Gasteiger partial charge in [-0.1, -0.05) is 0 Å². The average molecular weight is 400 g/mol. The predicted octanol–water partition coefficient (Wildman–Crippen LogP) is 2.01. The zero-order valence-corrected chi connectivity index (χ0v) is 16.0. The predicted molar refractivity (Wildman–Crippen MR) is 98.0 cm³/mol. The van der Waals surface area contributed by atoms with Crippen LogP contribution in [0.1, 0.15) is 27.2 Å². The number of halogens is 1. The van der Waals surface area contributed by atoms with Gasteiger partial charge in [-0.3, -0.25) is 4.99 Å². The van der Waals surface area contributed by atoms with Gasteiger partial charge in [0.25, 0.3) is 0 Å². The lowest BCUT2D eigenvalue weighted by Gasteiger charge is -2.34. The number of hydrogen-bond donors (Lipinski definition) is 2. The van der Waals surface area contributed by atoms with Crippen LogP contribution < -0.4 is 10.6 Å². The third-order valence-electron chi connectivity index (χ3n) is 3.33. The lowest BCUT2D eigenvalue weighted by Crippen LogP contribution is -2.49. The first kappa shape index (κ1) is 19.3. The van der Waals surface area contributed by atoms with Crippen LogP contribution in [0, 0.1) is 0 Å². The van der Waals surface area contributed by atoms with Crippen molar-refractivity contribution in [3.63, 3.8) is 0 Å². The number of likely N-dealkylation sites (N-methyl/N-ethyl adjacent to an activating group) is 1. The number of thioether (sulfide) groups is 1. The standard InChI is InChI=1S/C13H28N4S.HI/c1-6-14-12(16-11(2)3)15-9-13(17(4)5)7-8-18-10-13;/h11H,6-10H2,1-5H3,(H2,14,15,16);1H. The normalized spacial score (nSPS) is 23.6. The lowest BCUT2D eigenvalue weighted by atomic mass is 9.98. The fourth-order valence-electron chi connectivity index (χ4n) is 2.03. The molecule has 114 valence electrons. The fraction of sp³-hybridized carbons (Fsp3) is 0.923. The minimum atomic E-state index is 0. The first-order valence-corrected chi connectivity index (χ1v) is 7.95. The molecule has 6 heteroatoms. The second-order valence-corrected chi connectivity index (χ2v) is 6.52. The molecule has 1 rings (SSSR count). The van der Waals surface area contributed by atoms with Crippen molar-refractivity contribution >= 4 is 41.7 Å². The maximum Gasteiger partial charge on any atom is 0.191 e. The van der Waals surface area contributed by atoms with Crippen LogP contribution in [-0.2, 0) is 0 Å². The molecule has 1 saturated heterocycles. The van der Waals surface area contributed by atoms with Crippen LogP contribution in [0.3, 0.4) is 0 Å². The fourth-order valence-corrected chi connectivity index (χ4v) is 3.58. The van der Waals surface area contributed by atoms with Crippen molar-refractivity contribution in [3.05, 3.63) is 0 Å². The molecule has 4 nitrogen and oxygen atoms in total. The van der Waals surface area contributed by atoms with Gasteiger partial charge in [0.05, 0.1) is 6.54 Å². The number of guanidine groups is 1. The van der Waals surface area contributed by atoms with Gasteiger partial charge in [-0.25, -0.2) is 0 Å². The Bertz CT molecular complexity index is 276. The monoisotopic (exact) mass is 400 g/mol. The van der Waals surface area contributed by atoms with Crippen molar-refractivity contribution in [3.8, 4) is 0 Å². The van der Waals surface area contributed by atoms with Gasteiger partial charge >= 0.3 is 0 Å². The highest BCUT2D eigenvalue weighted by molar-refractivity contribution is 14.0. The van der Waals surface area contributed by atoms with E-state index in [0.717, 1.165) is 19.0 Å². The molecule has 1 unspecified atom stereocenters. The highest BCUT2D eigenvalue weighted by Crippen LogP contribution is 2.32. The number of nitrogens with one attached hydrogen (secondary N) is 2. The van der Waals surface area contributed by atoms with E-state index in [1.807, 2.05) is 11.8 Å². The second-order valence-electron chi connectivity index (χ2n) is 5.42. The smallest absolute Gasteiger partial charge is 0.191 e. The van der Waals surface area contributed by atoms with E-state index in [1.54, 1.807) is 0 Å². The minimum absolute atomic E-state index is 0. The highest BCUT2D eigenvalue weighted by Gasteiger charge is 2.36. The third-order valence-corrected chi connectivity index (χ3v) is 4.57. The molecule has 0 aromatic heterocycles. The number of rotatable bonds is 5. The van der Waals surface area contributed by atoms with Crippen molar-refractivity contribution in [1.82, 2.24) is 15.5 Å². The first-order chi connectivity index (χ1) is 8.50. The molecule has 0 saturated carbocycles. The number of aliphatic imine (C=N–C) groups is 1. The van der Waals surface area contributed by atoms with Crippen LogP contribution in [0.25, 0.3) is 0 Å². The molecule has 1 aliphatic heterocycles. The summed E-state index contributed by atoms with van der Waals surface area (Å²) >= 11 is 2.04. The van der Waals surface area contributed by atoms with Gasteiger partial charge in [-0.05, 0) is 47.0 Å². The molecule has 0 aliphatic carbocycles. The number of hydrogen-bond acceptors (Lipinski definition) is 3.